The highest BCUT2D eigenvalue weighted by atomic mass is 32.1. The van der Waals surface area contributed by atoms with Gasteiger partial charge in [0, 0.05) is 11.1 Å². The van der Waals surface area contributed by atoms with Crippen LogP contribution in [0.25, 0.3) is 0 Å². The molecule has 0 bridgehead atoms. The van der Waals surface area contributed by atoms with Crippen molar-refractivity contribution in [1.29, 1.82) is 0 Å². The predicted octanol–water partition coefficient (Wildman–Crippen LogP) is 2.88. The number of nitrogens with one attached hydrogen (secondary N) is 2. The number of hydrogen-bond acceptors (Lipinski definition) is 4. The molecule has 0 unspecified atom stereocenters. The summed E-state index contributed by atoms with van der Waals surface area (Å²) in [4.78, 5) is 25.6. The highest BCUT2D eigenvalue weighted by Gasteiger charge is 2.16. The van der Waals surface area contributed by atoms with Crippen LogP contribution in [0.2, 0.25) is 0 Å². The van der Waals surface area contributed by atoms with E-state index in [2.05, 4.69) is 10.9 Å². The Balaban J connectivity index is 1.64. The summed E-state index contributed by atoms with van der Waals surface area (Å²) in [5.74, 6) is 0.381. The van der Waals surface area contributed by atoms with Gasteiger partial charge in [-0.1, -0.05) is 6.07 Å². The Kier molecular flexibility index (Phi) is 4.52. The third-order valence-electron chi connectivity index (χ3n) is 3.54. The van der Waals surface area contributed by atoms with Crippen LogP contribution in [0.4, 0.5) is 0 Å². The van der Waals surface area contributed by atoms with Gasteiger partial charge in [0.05, 0.1) is 12.1 Å². The molecule has 2 N–H and O–H groups in total. The van der Waals surface area contributed by atoms with Gasteiger partial charge in [-0.3, -0.25) is 20.4 Å². The summed E-state index contributed by atoms with van der Waals surface area (Å²) in [5, 5.41) is 1.99. The summed E-state index contributed by atoms with van der Waals surface area (Å²) in [7, 11) is 0. The van der Waals surface area contributed by atoms with Crippen LogP contribution in [0.1, 0.15) is 37.2 Å². The zero-order valence-electron chi connectivity index (χ0n) is 13.3. The molecule has 0 aromatic carbocycles. The molecular weight excluding hydrogens is 326 g/mol. The zero-order valence-corrected chi connectivity index (χ0v) is 14.1. The Morgan fingerprint density at radius 2 is 1.96 bits per heavy atom. The Hall–Kier alpha value is -2.80. The Bertz CT molecular complexity index is 862. The van der Waals surface area contributed by atoms with E-state index >= 15 is 0 Å². The maximum absolute atomic E-state index is 12.3. The van der Waals surface area contributed by atoms with E-state index in [1.54, 1.807) is 43.4 Å². The first kappa shape index (κ1) is 16.1. The van der Waals surface area contributed by atoms with Gasteiger partial charge in [-0.05, 0) is 43.5 Å². The molecule has 24 heavy (non-hydrogen) atoms. The fourth-order valence-corrected chi connectivity index (χ4v) is 3.13. The second-order valence-corrected chi connectivity index (χ2v) is 6.37. The Morgan fingerprint density at radius 3 is 2.62 bits per heavy atom. The SMILES string of the molecule is Cc1cc(C(=O)NNC(=O)c2cccn2Cc2cccs2)c(C)o1. The number of aryl methyl sites for hydroxylation is 2. The number of amides is 2. The van der Waals surface area contributed by atoms with E-state index in [9.17, 15) is 9.59 Å². The van der Waals surface area contributed by atoms with Crippen molar-refractivity contribution in [3.8, 4) is 0 Å². The van der Waals surface area contributed by atoms with E-state index in [4.69, 9.17) is 4.42 Å². The first-order chi connectivity index (χ1) is 11.5. The van der Waals surface area contributed by atoms with Gasteiger partial charge in [-0.15, -0.1) is 11.3 Å². The molecule has 6 nitrogen and oxygen atoms in total. The molecule has 0 aliphatic rings. The highest BCUT2D eigenvalue weighted by molar-refractivity contribution is 7.09. The number of rotatable bonds is 4. The topological polar surface area (TPSA) is 76.3 Å². The van der Waals surface area contributed by atoms with Crippen LogP contribution in [0, 0.1) is 13.8 Å². The van der Waals surface area contributed by atoms with Gasteiger partial charge in [-0.2, -0.15) is 0 Å². The molecule has 3 rings (SSSR count). The number of aromatic nitrogens is 1. The van der Waals surface area contributed by atoms with Crippen molar-refractivity contribution >= 4 is 23.2 Å². The predicted molar refractivity (Wildman–Crippen MR) is 91.0 cm³/mol. The number of hydrazine groups is 1. The largest absolute Gasteiger partial charge is 0.466 e. The van der Waals surface area contributed by atoms with Crippen molar-refractivity contribution in [2.45, 2.75) is 20.4 Å². The minimum absolute atomic E-state index is 0.372. The maximum Gasteiger partial charge on any atom is 0.286 e. The van der Waals surface area contributed by atoms with Gasteiger partial charge in [0.1, 0.15) is 17.2 Å². The number of furan rings is 1. The molecule has 0 atom stereocenters. The van der Waals surface area contributed by atoms with Crippen LogP contribution in [0.5, 0.6) is 0 Å². The number of thiophene rings is 1. The van der Waals surface area contributed by atoms with Gasteiger partial charge >= 0.3 is 0 Å². The second kappa shape index (κ2) is 6.76. The van der Waals surface area contributed by atoms with Gasteiger partial charge in [0.25, 0.3) is 11.8 Å². The molecule has 0 saturated heterocycles. The summed E-state index contributed by atoms with van der Waals surface area (Å²) < 4.78 is 7.15. The Morgan fingerprint density at radius 1 is 1.17 bits per heavy atom. The van der Waals surface area contributed by atoms with Crippen molar-refractivity contribution in [3.05, 3.63) is 69.6 Å². The van der Waals surface area contributed by atoms with Crippen LogP contribution < -0.4 is 10.9 Å². The molecule has 0 saturated carbocycles. The highest BCUT2D eigenvalue weighted by Crippen LogP contribution is 2.14. The summed E-state index contributed by atoms with van der Waals surface area (Å²) >= 11 is 1.63. The summed E-state index contributed by atoms with van der Waals surface area (Å²) in [6.07, 6.45) is 1.83. The van der Waals surface area contributed by atoms with Crippen molar-refractivity contribution in [2.75, 3.05) is 0 Å². The van der Waals surface area contributed by atoms with Crippen LogP contribution in [0.15, 0.2) is 46.3 Å². The summed E-state index contributed by atoms with van der Waals surface area (Å²) in [5.41, 5.74) is 5.74. The third kappa shape index (κ3) is 3.41. The van der Waals surface area contributed by atoms with Gasteiger partial charge in [-0.25, -0.2) is 0 Å². The lowest BCUT2D eigenvalue weighted by molar-refractivity contribution is 0.0841. The van der Waals surface area contributed by atoms with E-state index in [1.165, 1.54) is 0 Å². The van der Waals surface area contributed by atoms with Crippen LogP contribution >= 0.6 is 11.3 Å². The minimum atomic E-state index is -0.408. The molecule has 0 aliphatic carbocycles. The first-order valence-corrected chi connectivity index (χ1v) is 8.28. The smallest absolute Gasteiger partial charge is 0.286 e. The Labute approximate surface area is 143 Å². The molecule has 2 amide bonds. The lowest BCUT2D eigenvalue weighted by Crippen LogP contribution is -2.42. The number of hydrogen-bond donors (Lipinski definition) is 2. The maximum atomic E-state index is 12.3. The first-order valence-electron chi connectivity index (χ1n) is 7.40. The molecule has 0 fully saturated rings. The summed E-state index contributed by atoms with van der Waals surface area (Å²) in [6, 6.07) is 9.13. The number of carbonyl (C=O) groups is 2. The number of nitrogens with zero attached hydrogens (tertiary/aromatic N) is 1. The van der Waals surface area contributed by atoms with Gasteiger partial charge < -0.3 is 8.98 Å². The van der Waals surface area contributed by atoms with Crippen molar-refractivity contribution in [3.63, 3.8) is 0 Å². The van der Waals surface area contributed by atoms with E-state index in [0.717, 1.165) is 4.88 Å². The third-order valence-corrected chi connectivity index (χ3v) is 4.40. The average molecular weight is 343 g/mol. The molecule has 0 aliphatic heterocycles. The van der Waals surface area contributed by atoms with E-state index in [-0.39, 0.29) is 5.91 Å². The molecule has 3 aromatic heterocycles. The van der Waals surface area contributed by atoms with Gasteiger partial charge in [0.2, 0.25) is 0 Å². The van der Waals surface area contributed by atoms with E-state index in [0.29, 0.717) is 29.3 Å². The minimum Gasteiger partial charge on any atom is -0.466 e. The van der Waals surface area contributed by atoms with Crippen LogP contribution in [0.3, 0.4) is 0 Å². The number of carbonyl (C=O) groups excluding carboxylic acids is 2. The molecule has 124 valence electrons. The molecule has 7 heteroatoms. The van der Waals surface area contributed by atoms with Crippen molar-refractivity contribution in [1.82, 2.24) is 15.4 Å². The van der Waals surface area contributed by atoms with E-state index < -0.39 is 5.91 Å². The molecule has 3 aromatic rings. The molecule has 3 heterocycles. The monoisotopic (exact) mass is 343 g/mol. The van der Waals surface area contributed by atoms with E-state index in [1.807, 2.05) is 28.3 Å². The van der Waals surface area contributed by atoms with Crippen LogP contribution in [-0.2, 0) is 6.54 Å². The van der Waals surface area contributed by atoms with Crippen molar-refractivity contribution < 1.29 is 14.0 Å². The van der Waals surface area contributed by atoms with Gasteiger partial charge in [0.15, 0.2) is 0 Å². The lowest BCUT2D eigenvalue weighted by atomic mass is 10.2. The normalized spacial score (nSPS) is 10.6. The fraction of sp³-hybridized carbons (Fsp3) is 0.176. The average Bonchev–Trinajstić information content (AvgIpc) is 3.27. The molecule has 0 radical (unpaired) electrons. The quantitative estimate of drug-likeness (QED) is 0.715. The fourth-order valence-electron chi connectivity index (χ4n) is 2.43. The standard InChI is InChI=1S/C17H17N3O3S/c1-11-9-14(12(2)23-11)16(21)18-19-17(22)15-6-3-7-20(15)10-13-5-4-8-24-13/h3-9H,10H2,1-2H3,(H,18,21)(H,19,22). The molecule has 0 spiro atoms. The van der Waals surface area contributed by atoms with Crippen molar-refractivity contribution in [2.24, 2.45) is 0 Å². The molecular formula is C17H17N3O3S. The lowest BCUT2D eigenvalue weighted by Gasteiger charge is -2.10. The second-order valence-electron chi connectivity index (χ2n) is 5.34. The van der Waals surface area contributed by atoms with Crippen LogP contribution in [-0.4, -0.2) is 16.4 Å². The summed E-state index contributed by atoms with van der Waals surface area (Å²) in [6.45, 7) is 4.08. The zero-order chi connectivity index (χ0) is 17.1.